The first kappa shape index (κ1) is 11.9. The van der Waals surface area contributed by atoms with Gasteiger partial charge >= 0.3 is 0 Å². The molecule has 74 valence electrons. The molecule has 1 atom stereocenters. The first-order chi connectivity index (χ1) is 5.68. The van der Waals surface area contributed by atoms with Crippen molar-refractivity contribution in [1.82, 2.24) is 9.80 Å². The first-order valence-electron chi connectivity index (χ1n) is 5.02. The Hall–Kier alpha value is -0.0800. The van der Waals surface area contributed by atoms with Crippen molar-refractivity contribution in [3.05, 3.63) is 0 Å². The van der Waals surface area contributed by atoms with Gasteiger partial charge in [-0.1, -0.05) is 13.8 Å². The van der Waals surface area contributed by atoms with Gasteiger partial charge in [0.25, 0.3) is 0 Å². The van der Waals surface area contributed by atoms with Gasteiger partial charge in [-0.3, -0.25) is 0 Å². The molecule has 12 heavy (non-hydrogen) atoms. The van der Waals surface area contributed by atoms with Gasteiger partial charge in [-0.05, 0) is 40.0 Å². The molecular formula is C10H24N2. The second-order valence-corrected chi connectivity index (χ2v) is 3.68. The van der Waals surface area contributed by atoms with Crippen LogP contribution in [0.2, 0.25) is 0 Å². The maximum atomic E-state index is 2.41. The molecule has 1 unspecified atom stereocenters. The summed E-state index contributed by atoms with van der Waals surface area (Å²) in [7, 11) is 6.51. The van der Waals surface area contributed by atoms with Crippen LogP contribution in [0.15, 0.2) is 0 Å². The third-order valence-corrected chi connectivity index (χ3v) is 2.11. The van der Waals surface area contributed by atoms with Crippen LogP contribution in [0.3, 0.4) is 0 Å². The zero-order valence-corrected chi connectivity index (χ0v) is 9.30. The largest absolute Gasteiger partial charge is 0.309 e. The van der Waals surface area contributed by atoms with Crippen molar-refractivity contribution < 1.29 is 0 Å². The van der Waals surface area contributed by atoms with Crippen LogP contribution in [-0.2, 0) is 0 Å². The molecule has 2 nitrogen and oxygen atoms in total. The average molecular weight is 172 g/mol. The highest BCUT2D eigenvalue weighted by molar-refractivity contribution is 4.74. The molecule has 0 aliphatic carbocycles. The molecule has 1 rings (SSSR count). The van der Waals surface area contributed by atoms with E-state index < -0.39 is 0 Å². The van der Waals surface area contributed by atoms with Crippen molar-refractivity contribution >= 4 is 0 Å². The number of hydrogen-bond donors (Lipinski definition) is 0. The van der Waals surface area contributed by atoms with Crippen LogP contribution < -0.4 is 0 Å². The molecule has 1 fully saturated rings. The molecule has 0 aromatic carbocycles. The minimum Gasteiger partial charge on any atom is -0.309 e. The van der Waals surface area contributed by atoms with Crippen LogP contribution in [0.25, 0.3) is 0 Å². The van der Waals surface area contributed by atoms with Crippen LogP contribution in [0, 0.1) is 5.92 Å². The molecule has 0 saturated carbocycles. The second kappa shape index (κ2) is 6.44. The molecule has 0 bridgehead atoms. The minimum atomic E-state index is 0.917. The van der Waals surface area contributed by atoms with Gasteiger partial charge in [0.1, 0.15) is 0 Å². The van der Waals surface area contributed by atoms with Gasteiger partial charge < -0.3 is 9.80 Å². The molecule has 1 heterocycles. The third kappa shape index (κ3) is 4.73. The monoisotopic (exact) mass is 172 g/mol. The molecule has 0 radical (unpaired) electrons. The van der Waals surface area contributed by atoms with Crippen molar-refractivity contribution in [2.75, 3.05) is 40.8 Å². The summed E-state index contributed by atoms with van der Waals surface area (Å²) >= 11 is 0. The number of nitrogens with zero attached hydrogens (tertiary/aromatic N) is 2. The predicted octanol–water partition coefficient (Wildman–Crippen LogP) is 1.53. The summed E-state index contributed by atoms with van der Waals surface area (Å²) in [6, 6.07) is 0. The molecule has 2 heteroatoms. The fraction of sp³-hybridized carbons (Fsp3) is 1.00. The van der Waals surface area contributed by atoms with E-state index in [0.717, 1.165) is 5.92 Å². The Morgan fingerprint density at radius 3 is 2.25 bits per heavy atom. The molecule has 0 aromatic rings. The first-order valence-corrected chi connectivity index (χ1v) is 5.02. The maximum absolute atomic E-state index is 2.41. The lowest BCUT2D eigenvalue weighted by molar-refractivity contribution is 0.316. The molecule has 0 N–H and O–H groups in total. The lowest BCUT2D eigenvalue weighted by Crippen LogP contribution is -2.23. The van der Waals surface area contributed by atoms with E-state index in [-0.39, 0.29) is 0 Å². The van der Waals surface area contributed by atoms with Crippen LogP contribution in [0.5, 0.6) is 0 Å². The van der Waals surface area contributed by atoms with Crippen molar-refractivity contribution in [2.24, 2.45) is 5.92 Å². The zero-order valence-electron chi connectivity index (χ0n) is 9.30. The summed E-state index contributed by atoms with van der Waals surface area (Å²) in [5, 5.41) is 0. The topological polar surface area (TPSA) is 6.48 Å². The van der Waals surface area contributed by atoms with E-state index in [0.29, 0.717) is 0 Å². The van der Waals surface area contributed by atoms with Crippen LogP contribution in [-0.4, -0.2) is 50.6 Å². The zero-order chi connectivity index (χ0) is 9.56. The SMILES string of the molecule is CC.CN(C)CC1CCN(C)C1. The molecule has 0 amide bonds. The summed E-state index contributed by atoms with van der Waals surface area (Å²) in [6.07, 6.45) is 1.38. The van der Waals surface area contributed by atoms with E-state index in [2.05, 4.69) is 30.9 Å². The highest BCUT2D eigenvalue weighted by atomic mass is 15.1. The maximum Gasteiger partial charge on any atom is 0.00193 e. The summed E-state index contributed by atoms with van der Waals surface area (Å²) < 4.78 is 0. The molecule has 1 aliphatic heterocycles. The van der Waals surface area contributed by atoms with Gasteiger partial charge in [-0.25, -0.2) is 0 Å². The van der Waals surface area contributed by atoms with E-state index in [9.17, 15) is 0 Å². The number of rotatable bonds is 2. The van der Waals surface area contributed by atoms with E-state index in [1.165, 1.54) is 26.1 Å². The smallest absolute Gasteiger partial charge is 0.00193 e. The second-order valence-electron chi connectivity index (χ2n) is 3.68. The predicted molar refractivity (Wildman–Crippen MR) is 55.5 cm³/mol. The van der Waals surface area contributed by atoms with Crippen LogP contribution in [0.1, 0.15) is 20.3 Å². The molecule has 1 saturated heterocycles. The minimum absolute atomic E-state index is 0.917. The summed E-state index contributed by atoms with van der Waals surface area (Å²) in [5.41, 5.74) is 0. The average Bonchev–Trinajstić information content (AvgIpc) is 2.39. The summed E-state index contributed by atoms with van der Waals surface area (Å²) in [6.45, 7) is 7.83. The van der Waals surface area contributed by atoms with Gasteiger partial charge in [0, 0.05) is 13.1 Å². The Kier molecular flexibility index (Phi) is 6.39. The Bertz CT molecular complexity index is 102. The van der Waals surface area contributed by atoms with E-state index in [1.807, 2.05) is 13.8 Å². The van der Waals surface area contributed by atoms with Gasteiger partial charge in [0.2, 0.25) is 0 Å². The standard InChI is InChI=1S/C8H18N2.C2H6/c1-9(2)6-8-4-5-10(3)7-8;1-2/h8H,4-7H2,1-3H3;1-2H3. The number of hydrogen-bond acceptors (Lipinski definition) is 2. The Labute approximate surface area is 77.5 Å². The Balaban J connectivity index is 0.000000561. The van der Waals surface area contributed by atoms with Gasteiger partial charge in [0.05, 0.1) is 0 Å². The van der Waals surface area contributed by atoms with Gasteiger partial charge in [-0.2, -0.15) is 0 Å². The Morgan fingerprint density at radius 2 is 1.92 bits per heavy atom. The van der Waals surface area contributed by atoms with Crippen molar-refractivity contribution in [1.29, 1.82) is 0 Å². The van der Waals surface area contributed by atoms with E-state index >= 15 is 0 Å². The fourth-order valence-electron chi connectivity index (χ4n) is 1.69. The summed E-state index contributed by atoms with van der Waals surface area (Å²) in [4.78, 5) is 4.69. The molecule has 0 spiro atoms. The molecule has 1 aliphatic rings. The third-order valence-electron chi connectivity index (χ3n) is 2.11. The van der Waals surface area contributed by atoms with Crippen molar-refractivity contribution in [3.63, 3.8) is 0 Å². The molecule has 0 aromatic heterocycles. The lowest BCUT2D eigenvalue weighted by atomic mass is 10.1. The number of likely N-dealkylation sites (tertiary alicyclic amines) is 1. The van der Waals surface area contributed by atoms with E-state index in [1.54, 1.807) is 0 Å². The van der Waals surface area contributed by atoms with Crippen molar-refractivity contribution in [2.45, 2.75) is 20.3 Å². The molecular weight excluding hydrogens is 148 g/mol. The van der Waals surface area contributed by atoms with Crippen LogP contribution >= 0.6 is 0 Å². The summed E-state index contributed by atoms with van der Waals surface area (Å²) in [5.74, 6) is 0.917. The van der Waals surface area contributed by atoms with Gasteiger partial charge in [0.15, 0.2) is 0 Å². The lowest BCUT2D eigenvalue weighted by Gasteiger charge is -2.15. The highest BCUT2D eigenvalue weighted by Gasteiger charge is 2.19. The van der Waals surface area contributed by atoms with E-state index in [4.69, 9.17) is 0 Å². The van der Waals surface area contributed by atoms with Gasteiger partial charge in [-0.15, -0.1) is 0 Å². The quantitative estimate of drug-likeness (QED) is 0.623. The highest BCUT2D eigenvalue weighted by Crippen LogP contribution is 2.14. The van der Waals surface area contributed by atoms with Crippen molar-refractivity contribution in [3.8, 4) is 0 Å². The normalized spacial score (nSPS) is 24.0. The fourth-order valence-corrected chi connectivity index (χ4v) is 1.69. The Morgan fingerprint density at radius 1 is 1.33 bits per heavy atom. The van der Waals surface area contributed by atoms with Crippen LogP contribution in [0.4, 0.5) is 0 Å².